The van der Waals surface area contributed by atoms with Crippen molar-refractivity contribution in [2.24, 2.45) is 0 Å². The minimum Gasteiger partial charge on any atom is -0.496 e. The molecule has 0 bridgehead atoms. The van der Waals surface area contributed by atoms with E-state index in [2.05, 4.69) is 10.6 Å². The van der Waals surface area contributed by atoms with Crippen LogP contribution in [0.4, 0.5) is 5.69 Å². The number of benzene rings is 1. The Kier molecular flexibility index (Phi) is 6.31. The van der Waals surface area contributed by atoms with Crippen LogP contribution in [0.1, 0.15) is 10.4 Å². The number of hydrogen-bond acceptors (Lipinski definition) is 5. The van der Waals surface area contributed by atoms with Crippen LogP contribution < -0.4 is 21.1 Å². The number of rotatable bonds is 7. The highest BCUT2D eigenvalue weighted by Gasteiger charge is 2.13. The van der Waals surface area contributed by atoms with Gasteiger partial charge < -0.3 is 25.8 Å². The van der Waals surface area contributed by atoms with E-state index in [-0.39, 0.29) is 18.0 Å². The van der Waals surface area contributed by atoms with Crippen molar-refractivity contribution in [3.63, 3.8) is 0 Å². The predicted molar refractivity (Wildman–Crippen MR) is 74.6 cm³/mol. The second kappa shape index (κ2) is 8.00. The van der Waals surface area contributed by atoms with Crippen LogP contribution in [-0.2, 0) is 9.53 Å². The van der Waals surface area contributed by atoms with Gasteiger partial charge in [-0.3, -0.25) is 9.59 Å². The van der Waals surface area contributed by atoms with E-state index in [1.54, 1.807) is 19.2 Å². The fraction of sp³-hybridized carbons (Fsp3) is 0.385. The number of hydrogen-bond donors (Lipinski definition) is 3. The topological polar surface area (TPSA) is 103 Å². The first-order valence-electron chi connectivity index (χ1n) is 6.05. The van der Waals surface area contributed by atoms with Crippen molar-refractivity contribution in [1.29, 1.82) is 0 Å². The number of nitrogen functional groups attached to an aromatic ring is 1. The third kappa shape index (κ3) is 4.77. The second-order valence-electron chi connectivity index (χ2n) is 3.99. The van der Waals surface area contributed by atoms with Gasteiger partial charge in [-0.25, -0.2) is 0 Å². The molecule has 0 aliphatic heterocycles. The molecule has 1 aromatic carbocycles. The molecule has 1 aromatic rings. The smallest absolute Gasteiger partial charge is 0.255 e. The van der Waals surface area contributed by atoms with Gasteiger partial charge in [0, 0.05) is 19.3 Å². The summed E-state index contributed by atoms with van der Waals surface area (Å²) in [4.78, 5) is 23.4. The molecule has 0 heterocycles. The quantitative estimate of drug-likeness (QED) is 0.473. The lowest BCUT2D eigenvalue weighted by molar-refractivity contribution is -0.120. The van der Waals surface area contributed by atoms with Gasteiger partial charge in [0.2, 0.25) is 5.91 Å². The van der Waals surface area contributed by atoms with Crippen LogP contribution in [0, 0.1) is 0 Å². The normalized spacial score (nSPS) is 9.90. The van der Waals surface area contributed by atoms with Gasteiger partial charge in [0.25, 0.3) is 5.91 Å². The van der Waals surface area contributed by atoms with Crippen LogP contribution in [0.3, 0.4) is 0 Å². The number of nitrogens with two attached hydrogens (primary N) is 1. The van der Waals surface area contributed by atoms with E-state index in [1.165, 1.54) is 13.2 Å². The minimum absolute atomic E-state index is 0.125. The molecule has 4 N–H and O–H groups in total. The highest BCUT2D eigenvalue weighted by molar-refractivity contribution is 5.99. The molecule has 0 unspecified atom stereocenters. The summed E-state index contributed by atoms with van der Waals surface area (Å²) in [5.74, 6) is -0.314. The van der Waals surface area contributed by atoms with Crippen molar-refractivity contribution < 1.29 is 19.1 Å². The molecule has 1 rings (SSSR count). The van der Waals surface area contributed by atoms with Gasteiger partial charge in [-0.1, -0.05) is 0 Å². The molecular formula is C13H19N3O4. The number of carbonyl (C=O) groups is 2. The minimum atomic E-state index is -0.420. The van der Waals surface area contributed by atoms with Crippen LogP contribution in [-0.4, -0.2) is 45.7 Å². The Morgan fingerprint density at radius 3 is 2.65 bits per heavy atom. The standard InChI is InChI=1S/C13H19N3O4/c1-19-6-5-15-12(17)8-16-13(18)10-7-9(14)3-4-11(10)20-2/h3-4,7H,5-6,8,14H2,1-2H3,(H,15,17)(H,16,18). The van der Waals surface area contributed by atoms with E-state index >= 15 is 0 Å². The van der Waals surface area contributed by atoms with Crippen molar-refractivity contribution in [3.8, 4) is 5.75 Å². The lowest BCUT2D eigenvalue weighted by Crippen LogP contribution is -2.38. The van der Waals surface area contributed by atoms with E-state index in [1.807, 2.05) is 0 Å². The van der Waals surface area contributed by atoms with E-state index in [0.717, 1.165) is 0 Å². The van der Waals surface area contributed by atoms with Crippen molar-refractivity contribution in [3.05, 3.63) is 23.8 Å². The number of methoxy groups -OCH3 is 2. The molecule has 0 spiro atoms. The van der Waals surface area contributed by atoms with Gasteiger partial charge in [-0.15, -0.1) is 0 Å². The molecule has 0 saturated carbocycles. The maximum Gasteiger partial charge on any atom is 0.255 e. The Balaban J connectivity index is 2.54. The van der Waals surface area contributed by atoms with Crippen molar-refractivity contribution in [2.45, 2.75) is 0 Å². The molecule has 7 heteroatoms. The fourth-order valence-electron chi connectivity index (χ4n) is 1.51. The average Bonchev–Trinajstić information content (AvgIpc) is 2.45. The molecule has 0 saturated heterocycles. The lowest BCUT2D eigenvalue weighted by atomic mass is 10.1. The van der Waals surface area contributed by atoms with Crippen LogP contribution in [0.15, 0.2) is 18.2 Å². The summed E-state index contributed by atoms with van der Waals surface area (Å²) in [7, 11) is 3.00. The lowest BCUT2D eigenvalue weighted by Gasteiger charge is -2.10. The maximum atomic E-state index is 12.0. The largest absolute Gasteiger partial charge is 0.496 e. The Morgan fingerprint density at radius 1 is 1.25 bits per heavy atom. The summed E-state index contributed by atoms with van der Waals surface area (Å²) in [5.41, 5.74) is 6.36. The highest BCUT2D eigenvalue weighted by atomic mass is 16.5. The molecule has 0 aromatic heterocycles. The second-order valence-corrected chi connectivity index (χ2v) is 3.99. The summed E-state index contributed by atoms with van der Waals surface area (Å²) >= 11 is 0. The first-order valence-corrected chi connectivity index (χ1v) is 6.05. The Hall–Kier alpha value is -2.28. The summed E-state index contributed by atoms with van der Waals surface area (Å²) < 4.78 is 9.87. The van der Waals surface area contributed by atoms with Crippen molar-refractivity contribution in [2.75, 3.05) is 39.6 Å². The first kappa shape index (κ1) is 15.8. The van der Waals surface area contributed by atoms with Crippen LogP contribution in [0.5, 0.6) is 5.75 Å². The average molecular weight is 281 g/mol. The zero-order valence-electron chi connectivity index (χ0n) is 11.6. The van der Waals surface area contributed by atoms with E-state index < -0.39 is 5.91 Å². The van der Waals surface area contributed by atoms with Gasteiger partial charge >= 0.3 is 0 Å². The van der Waals surface area contributed by atoms with E-state index in [0.29, 0.717) is 24.6 Å². The third-order valence-corrected chi connectivity index (χ3v) is 2.51. The molecule has 0 fully saturated rings. The molecule has 0 radical (unpaired) electrons. The number of nitrogens with one attached hydrogen (secondary N) is 2. The molecule has 110 valence electrons. The molecular weight excluding hydrogens is 262 g/mol. The van der Waals surface area contributed by atoms with Crippen LogP contribution in [0.2, 0.25) is 0 Å². The summed E-state index contributed by atoms with van der Waals surface area (Å²) in [6.45, 7) is 0.691. The maximum absolute atomic E-state index is 12.0. The van der Waals surface area contributed by atoms with Crippen LogP contribution >= 0.6 is 0 Å². The zero-order chi connectivity index (χ0) is 15.0. The Morgan fingerprint density at radius 2 is 2.00 bits per heavy atom. The number of amides is 2. The molecule has 0 atom stereocenters. The molecule has 0 aliphatic carbocycles. The third-order valence-electron chi connectivity index (χ3n) is 2.51. The number of ether oxygens (including phenoxy) is 2. The monoisotopic (exact) mass is 281 g/mol. The van der Waals surface area contributed by atoms with Gasteiger partial charge in [0.05, 0.1) is 25.8 Å². The molecule has 2 amide bonds. The Bertz CT molecular complexity index is 477. The zero-order valence-corrected chi connectivity index (χ0v) is 11.6. The summed E-state index contributed by atoms with van der Waals surface area (Å²) in [6.07, 6.45) is 0. The predicted octanol–water partition coefficient (Wildman–Crippen LogP) is -0.230. The van der Waals surface area contributed by atoms with E-state index in [4.69, 9.17) is 15.2 Å². The SMILES string of the molecule is COCCNC(=O)CNC(=O)c1cc(N)ccc1OC. The van der Waals surface area contributed by atoms with Gasteiger partial charge in [-0.2, -0.15) is 0 Å². The number of carbonyl (C=O) groups excluding carboxylic acids is 2. The molecule has 20 heavy (non-hydrogen) atoms. The summed E-state index contributed by atoms with van der Waals surface area (Å²) in [5, 5.41) is 5.10. The Labute approximate surface area is 117 Å². The highest BCUT2D eigenvalue weighted by Crippen LogP contribution is 2.20. The summed E-state index contributed by atoms with van der Waals surface area (Å²) in [6, 6.07) is 4.73. The van der Waals surface area contributed by atoms with E-state index in [9.17, 15) is 9.59 Å². The fourth-order valence-corrected chi connectivity index (χ4v) is 1.51. The van der Waals surface area contributed by atoms with Gasteiger partial charge in [0.15, 0.2) is 0 Å². The van der Waals surface area contributed by atoms with Crippen LogP contribution in [0.25, 0.3) is 0 Å². The van der Waals surface area contributed by atoms with Gasteiger partial charge in [-0.05, 0) is 18.2 Å². The van der Waals surface area contributed by atoms with Crippen molar-refractivity contribution >= 4 is 17.5 Å². The number of anilines is 1. The first-order chi connectivity index (χ1) is 9.58. The molecule has 7 nitrogen and oxygen atoms in total. The van der Waals surface area contributed by atoms with Crippen molar-refractivity contribution in [1.82, 2.24) is 10.6 Å². The van der Waals surface area contributed by atoms with Gasteiger partial charge in [0.1, 0.15) is 5.75 Å². The molecule has 0 aliphatic rings.